The SMILES string of the molecule is CC(C)S(=N)(=O)c1ccc(-c2cnc(N)c(-c3cc(-c4ccc5c(c4)CC(=O)N5)no3)n2)cc1. The summed E-state index contributed by atoms with van der Waals surface area (Å²) in [5.74, 6) is 0.526. The van der Waals surface area contributed by atoms with E-state index in [9.17, 15) is 9.00 Å². The molecule has 5 rings (SSSR count). The fraction of sp³-hybridized carbons (Fsp3) is 0.167. The van der Waals surface area contributed by atoms with Crippen LogP contribution >= 0.6 is 0 Å². The number of carbonyl (C=O) groups excluding carboxylic acids is 1. The molecule has 34 heavy (non-hydrogen) atoms. The average Bonchev–Trinajstić information content (AvgIpc) is 3.45. The first-order valence-corrected chi connectivity index (χ1v) is 12.3. The van der Waals surface area contributed by atoms with E-state index in [1.165, 1.54) is 0 Å². The Bertz CT molecular complexity index is 1520. The van der Waals surface area contributed by atoms with Crippen LogP contribution < -0.4 is 11.1 Å². The van der Waals surface area contributed by atoms with Crippen LogP contribution in [-0.2, 0) is 20.9 Å². The van der Waals surface area contributed by atoms with Gasteiger partial charge in [-0.3, -0.25) is 4.79 Å². The smallest absolute Gasteiger partial charge is 0.228 e. The second kappa shape index (κ2) is 8.07. The van der Waals surface area contributed by atoms with Crippen molar-refractivity contribution < 1.29 is 13.5 Å². The molecule has 1 atom stereocenters. The van der Waals surface area contributed by atoms with E-state index in [1.54, 1.807) is 50.4 Å². The highest BCUT2D eigenvalue weighted by Crippen LogP contribution is 2.32. The van der Waals surface area contributed by atoms with Gasteiger partial charge in [0, 0.05) is 33.0 Å². The summed E-state index contributed by atoms with van der Waals surface area (Å²) in [5.41, 5.74) is 10.8. The highest BCUT2D eigenvalue weighted by molar-refractivity contribution is 7.93. The van der Waals surface area contributed by atoms with Crippen LogP contribution in [0.2, 0.25) is 0 Å². The molecule has 4 aromatic rings. The summed E-state index contributed by atoms with van der Waals surface area (Å²) < 4.78 is 26.3. The van der Waals surface area contributed by atoms with E-state index in [-0.39, 0.29) is 17.0 Å². The Kier molecular flexibility index (Phi) is 5.17. The predicted molar refractivity (Wildman–Crippen MR) is 129 cm³/mol. The molecule has 1 aliphatic heterocycles. The van der Waals surface area contributed by atoms with E-state index in [4.69, 9.17) is 15.0 Å². The summed E-state index contributed by atoms with van der Waals surface area (Å²) in [6.07, 6.45) is 1.88. The van der Waals surface area contributed by atoms with Crippen LogP contribution in [0.3, 0.4) is 0 Å². The zero-order valence-corrected chi connectivity index (χ0v) is 19.3. The van der Waals surface area contributed by atoms with E-state index < -0.39 is 9.73 Å². The van der Waals surface area contributed by atoms with Crippen molar-refractivity contribution in [1.82, 2.24) is 15.1 Å². The van der Waals surface area contributed by atoms with Crippen LogP contribution in [-0.4, -0.2) is 30.5 Å². The van der Waals surface area contributed by atoms with Crippen molar-refractivity contribution in [3.05, 3.63) is 60.3 Å². The van der Waals surface area contributed by atoms with Crippen molar-refractivity contribution >= 4 is 27.1 Å². The van der Waals surface area contributed by atoms with Gasteiger partial charge in [-0.2, -0.15) is 0 Å². The van der Waals surface area contributed by atoms with Gasteiger partial charge >= 0.3 is 0 Å². The van der Waals surface area contributed by atoms with Gasteiger partial charge in [-0.05, 0) is 43.7 Å². The normalized spacial score (nSPS) is 14.6. The van der Waals surface area contributed by atoms with E-state index in [0.29, 0.717) is 34.2 Å². The number of nitrogens with zero attached hydrogens (tertiary/aromatic N) is 3. The molecule has 1 unspecified atom stereocenters. The van der Waals surface area contributed by atoms with Crippen molar-refractivity contribution in [2.45, 2.75) is 30.4 Å². The predicted octanol–water partition coefficient (Wildman–Crippen LogP) is 4.36. The van der Waals surface area contributed by atoms with Crippen molar-refractivity contribution in [3.63, 3.8) is 0 Å². The Morgan fingerprint density at radius 2 is 1.82 bits per heavy atom. The quantitative estimate of drug-likeness (QED) is 0.389. The van der Waals surface area contributed by atoms with Gasteiger partial charge in [0.25, 0.3) is 0 Å². The van der Waals surface area contributed by atoms with Gasteiger partial charge < -0.3 is 15.6 Å². The number of nitrogens with two attached hydrogens (primary N) is 1. The van der Waals surface area contributed by atoms with Gasteiger partial charge in [-0.15, -0.1) is 0 Å². The molecule has 0 fully saturated rings. The Morgan fingerprint density at radius 3 is 2.56 bits per heavy atom. The number of hydrogen-bond acceptors (Lipinski definition) is 8. The summed E-state index contributed by atoms with van der Waals surface area (Å²) in [6, 6.07) is 14.2. The number of carbonyl (C=O) groups is 1. The number of amides is 1. The summed E-state index contributed by atoms with van der Waals surface area (Å²) in [4.78, 5) is 21.0. The Morgan fingerprint density at radius 1 is 1.09 bits per heavy atom. The van der Waals surface area contributed by atoms with Gasteiger partial charge in [0.1, 0.15) is 5.69 Å². The van der Waals surface area contributed by atoms with Crippen LogP contribution in [0.15, 0.2) is 64.1 Å². The Balaban J connectivity index is 1.46. The van der Waals surface area contributed by atoms with Gasteiger partial charge in [-0.25, -0.2) is 19.0 Å². The molecular weight excluding hydrogens is 452 g/mol. The van der Waals surface area contributed by atoms with E-state index >= 15 is 0 Å². The molecular formula is C24H22N6O3S. The molecule has 1 amide bonds. The highest BCUT2D eigenvalue weighted by Gasteiger charge is 2.20. The molecule has 0 saturated heterocycles. The van der Waals surface area contributed by atoms with Crippen molar-refractivity contribution in [3.8, 4) is 34.0 Å². The van der Waals surface area contributed by atoms with Crippen molar-refractivity contribution in [2.75, 3.05) is 11.1 Å². The lowest BCUT2D eigenvalue weighted by atomic mass is 10.1. The lowest BCUT2D eigenvalue weighted by Gasteiger charge is -2.12. The summed E-state index contributed by atoms with van der Waals surface area (Å²) >= 11 is 0. The third-order valence-electron chi connectivity index (χ3n) is 5.73. The minimum atomic E-state index is -2.87. The molecule has 172 valence electrons. The van der Waals surface area contributed by atoms with E-state index in [2.05, 4.69) is 20.4 Å². The van der Waals surface area contributed by atoms with Crippen LogP contribution in [0.25, 0.3) is 34.0 Å². The molecule has 0 radical (unpaired) electrons. The average molecular weight is 475 g/mol. The largest absolute Gasteiger partial charge is 0.382 e. The number of benzene rings is 2. The second-order valence-corrected chi connectivity index (χ2v) is 11.0. The zero-order chi connectivity index (χ0) is 24.0. The first-order valence-electron chi connectivity index (χ1n) is 10.6. The number of aromatic nitrogens is 3. The maximum Gasteiger partial charge on any atom is 0.228 e. The Labute approximate surface area is 196 Å². The van der Waals surface area contributed by atoms with Gasteiger partial charge in [0.15, 0.2) is 17.3 Å². The minimum Gasteiger partial charge on any atom is -0.382 e. The molecule has 4 N–H and O–H groups in total. The topological polar surface area (TPSA) is 148 Å². The molecule has 0 saturated carbocycles. The van der Waals surface area contributed by atoms with Crippen LogP contribution in [0.4, 0.5) is 11.5 Å². The van der Waals surface area contributed by atoms with Crippen LogP contribution in [0.5, 0.6) is 0 Å². The lowest BCUT2D eigenvalue weighted by Crippen LogP contribution is -2.12. The Hall–Kier alpha value is -4.05. The number of nitrogen functional groups attached to an aromatic ring is 1. The molecule has 2 aromatic heterocycles. The molecule has 0 aliphatic carbocycles. The number of hydrogen-bond donors (Lipinski definition) is 3. The van der Waals surface area contributed by atoms with Crippen LogP contribution in [0.1, 0.15) is 19.4 Å². The number of rotatable bonds is 5. The zero-order valence-electron chi connectivity index (χ0n) is 18.5. The van der Waals surface area contributed by atoms with Gasteiger partial charge in [0.05, 0.1) is 28.0 Å². The third kappa shape index (κ3) is 3.81. The molecule has 0 spiro atoms. The number of anilines is 2. The van der Waals surface area contributed by atoms with Gasteiger partial charge in [-0.1, -0.05) is 23.4 Å². The van der Waals surface area contributed by atoms with Crippen molar-refractivity contribution in [1.29, 1.82) is 4.78 Å². The standard InChI is InChI=1S/C24H22N6O3S/c1-13(2)34(26,32)17-6-3-14(4-7-17)20-12-27-24(25)23(29-20)21-11-19(30-33-21)15-5-8-18-16(9-15)10-22(31)28-18/h3-9,11-13,26H,10H2,1-2H3,(H2,25,27)(H,28,31). The fourth-order valence-electron chi connectivity index (χ4n) is 3.73. The molecule has 3 heterocycles. The monoisotopic (exact) mass is 474 g/mol. The summed E-state index contributed by atoms with van der Waals surface area (Å²) in [7, 11) is -2.87. The molecule has 2 aromatic carbocycles. The summed E-state index contributed by atoms with van der Waals surface area (Å²) in [5, 5.41) is 6.67. The second-order valence-electron chi connectivity index (χ2n) is 8.34. The summed E-state index contributed by atoms with van der Waals surface area (Å²) in [6.45, 7) is 3.54. The molecule has 9 nitrogen and oxygen atoms in total. The maximum absolute atomic E-state index is 12.6. The van der Waals surface area contributed by atoms with Gasteiger partial charge in [0.2, 0.25) is 5.91 Å². The highest BCUT2D eigenvalue weighted by atomic mass is 32.2. The number of fused-ring (bicyclic) bond motifs is 1. The maximum atomic E-state index is 12.6. The molecule has 10 heteroatoms. The first kappa shape index (κ1) is 21.8. The third-order valence-corrected chi connectivity index (χ3v) is 8.03. The first-order chi connectivity index (χ1) is 16.2. The minimum absolute atomic E-state index is 0.0323. The van der Waals surface area contributed by atoms with Crippen molar-refractivity contribution in [2.24, 2.45) is 0 Å². The van der Waals surface area contributed by atoms with E-state index in [0.717, 1.165) is 22.4 Å². The molecule has 1 aliphatic rings. The van der Waals surface area contributed by atoms with E-state index in [1.807, 2.05) is 18.2 Å². The van der Waals surface area contributed by atoms with Crippen LogP contribution in [0, 0.1) is 4.78 Å². The molecule has 0 bridgehead atoms. The number of nitrogens with one attached hydrogen (secondary N) is 2. The lowest BCUT2D eigenvalue weighted by molar-refractivity contribution is -0.115. The fourth-order valence-corrected chi connectivity index (χ4v) is 4.82.